The van der Waals surface area contributed by atoms with E-state index in [2.05, 4.69) is 105 Å². The number of aliphatic carboxylic acids is 2. The van der Waals surface area contributed by atoms with Gasteiger partial charge in [0.2, 0.25) is 112 Å². The van der Waals surface area contributed by atoms with Gasteiger partial charge in [0.05, 0.1) is 38.0 Å². The summed E-state index contributed by atoms with van der Waals surface area (Å²) >= 11 is 8.28. The number of carboxylic acid groups (broad SMARTS) is 2. The maximum atomic E-state index is 15.2. The molecule has 1 aromatic heterocycles. The van der Waals surface area contributed by atoms with Crippen molar-refractivity contribution in [2.45, 2.75) is 261 Å². The number of amides is 19. The number of hydrogen-bond acceptors (Lipinski definition) is 25. The number of primary amides is 2. The third kappa shape index (κ3) is 34.3. The van der Waals surface area contributed by atoms with E-state index in [0.29, 0.717) is 41.5 Å². The van der Waals surface area contributed by atoms with Gasteiger partial charge in [0, 0.05) is 73.9 Å². The predicted molar refractivity (Wildman–Crippen MR) is 529 cm³/mol. The van der Waals surface area contributed by atoms with E-state index >= 15 is 9.59 Å². The van der Waals surface area contributed by atoms with Gasteiger partial charge in [-0.2, -0.15) is 25.3 Å². The minimum Gasteiger partial charge on any atom is -0.481 e. The largest absolute Gasteiger partial charge is 0.481 e. The van der Waals surface area contributed by atoms with E-state index in [0.717, 1.165) is 27.6 Å². The van der Waals surface area contributed by atoms with Gasteiger partial charge in [-0.05, 0) is 111 Å². The molecule has 19 amide bonds. The van der Waals surface area contributed by atoms with Crippen LogP contribution in [0.2, 0.25) is 0 Å². The molecule has 24 N–H and O–H groups in total. The van der Waals surface area contributed by atoms with Crippen molar-refractivity contribution in [2.24, 2.45) is 35.0 Å². The number of hydrogen-bond donors (Lipinski definition) is 23. The van der Waals surface area contributed by atoms with Crippen LogP contribution in [0, 0.1) is 17.8 Å². The number of aliphatic hydroxyl groups is 1. The van der Waals surface area contributed by atoms with E-state index in [1.165, 1.54) is 25.7 Å². The van der Waals surface area contributed by atoms with E-state index in [-0.39, 0.29) is 94.8 Å². The van der Waals surface area contributed by atoms with Crippen LogP contribution in [0.5, 0.6) is 0 Å². The lowest BCUT2D eigenvalue weighted by Crippen LogP contribution is -2.63. The standard InChI is InChI=1S/C97H133N21O24S2/c1-50(2)37-60(98)94(138)116-34-20-31-72(116)90(134)110-66(42-58-46-101-61-30-19-18-29-59(58)61)82(126)102-47-77(122)104-70(48-143)95(139)117-35-21-32-73(117)91(135)111-67(43-75(99)120)86(130)108-69(45-78(123)124)87(131)105-62(38-51(3)4)84(128)106-64(40-56-25-14-10-15-26-56)85(129)107-65(41-57-27-16-11-17-28-57)88(132)114-79(52(5)6)93(137)112-68(44-76(100)121)89(133)115-80(54(8)119)96(140)118-36-22-33-74(118)92(136)109-63(39-55-23-12-9-13-24-55)83(127)103-53(7)81(125)113-71(49-144)97(141)142/h9-19,23-30,46,50-54,60,62-74,79-80,101,119,143-144H,20-22,31-45,47-49,98H2,1-8H3,(H2,99,120)(H2,100,121)(H,102,126)(H,103,127)(H,104,122)(H,105,131)(H,106,128)(H,107,129)(H,108,130)(H,109,136)(H,110,134)(H,111,135)(H,112,137)(H,113,125)(H,114,132)(H,115,133)(H,123,124)(H,141,142)/t53-,54+,60-,62-,63-,64-,65-,66-,67-,68-,69-,70-,71-,72-,73-,74-,79-,80-/m0/s1. The number of nitrogens with zero attached hydrogens (tertiary/aromatic N) is 3. The molecule has 47 heteroatoms. The van der Waals surface area contributed by atoms with E-state index in [1.54, 1.807) is 117 Å². The van der Waals surface area contributed by atoms with Gasteiger partial charge >= 0.3 is 11.9 Å². The smallest absolute Gasteiger partial charge is 0.327 e. The number of likely N-dealkylation sites (tertiary alicyclic amines) is 3. The van der Waals surface area contributed by atoms with Gasteiger partial charge in [-0.3, -0.25) is 95.9 Å². The van der Waals surface area contributed by atoms with Crippen molar-refractivity contribution < 1.29 is 116 Å². The van der Waals surface area contributed by atoms with Gasteiger partial charge in [0.1, 0.15) is 96.7 Å². The molecule has 0 spiro atoms. The van der Waals surface area contributed by atoms with Crippen LogP contribution in [-0.2, 0) is 126 Å². The van der Waals surface area contributed by atoms with Crippen LogP contribution in [0.3, 0.4) is 0 Å². The van der Waals surface area contributed by atoms with E-state index < -0.39 is 271 Å². The first-order valence-corrected chi connectivity index (χ1v) is 49.0. The molecule has 5 aromatic rings. The molecule has 0 aliphatic carbocycles. The molecule has 18 atom stereocenters. The van der Waals surface area contributed by atoms with Crippen LogP contribution in [-0.4, -0.2) is 306 Å². The third-order valence-corrected chi connectivity index (χ3v) is 25.3. The van der Waals surface area contributed by atoms with E-state index in [1.807, 2.05) is 32.0 Å². The molecule has 0 radical (unpaired) electrons. The normalized spacial score (nSPS) is 17.6. The fraction of sp³-hybridized carbons (Fsp3) is 0.515. The Bertz CT molecular complexity index is 5410. The highest BCUT2D eigenvalue weighted by Gasteiger charge is 2.46. The molecule has 4 aromatic carbocycles. The molecule has 8 rings (SSSR count). The predicted octanol–water partition coefficient (Wildman–Crippen LogP) is -3.52. The Labute approximate surface area is 842 Å². The Kier molecular flexibility index (Phi) is 44.4. The Morgan fingerprint density at radius 3 is 1.22 bits per heavy atom. The third-order valence-electron chi connectivity index (χ3n) is 24.5. The number of nitrogens with one attached hydrogen (secondary N) is 15. The van der Waals surface area contributed by atoms with Crippen molar-refractivity contribution in [3.8, 4) is 0 Å². The van der Waals surface area contributed by atoms with Gasteiger partial charge < -0.3 is 127 Å². The lowest BCUT2D eigenvalue weighted by atomic mass is 9.99. The fourth-order valence-corrected chi connectivity index (χ4v) is 17.6. The molecule has 4 heterocycles. The lowest BCUT2D eigenvalue weighted by Gasteiger charge is -2.32. The molecule has 45 nitrogen and oxygen atoms in total. The number of carbonyl (C=O) groups excluding carboxylic acids is 19. The summed E-state index contributed by atoms with van der Waals surface area (Å²) in [7, 11) is 0. The highest BCUT2D eigenvalue weighted by molar-refractivity contribution is 7.80. The maximum absolute atomic E-state index is 15.2. The second kappa shape index (κ2) is 55.5. The second-order valence-corrected chi connectivity index (χ2v) is 38.0. The minimum atomic E-state index is -2.10. The zero-order valence-corrected chi connectivity index (χ0v) is 83.2. The van der Waals surface area contributed by atoms with Crippen LogP contribution < -0.4 is 91.6 Å². The summed E-state index contributed by atoms with van der Waals surface area (Å²) in [5.74, 6) is -23.6. The summed E-state index contributed by atoms with van der Waals surface area (Å²) in [6.45, 7) is 11.9. The number of benzene rings is 4. The first-order valence-electron chi connectivity index (χ1n) is 47.7. The van der Waals surface area contributed by atoms with Crippen LogP contribution in [0.4, 0.5) is 0 Å². The molecule has 782 valence electrons. The summed E-state index contributed by atoms with van der Waals surface area (Å²) in [6.07, 6.45) is -2.64. The number of aromatic nitrogens is 1. The average Bonchev–Trinajstić information content (AvgIpc) is 1.65. The summed E-state index contributed by atoms with van der Waals surface area (Å²) < 4.78 is 0. The number of carboxylic acids is 2. The summed E-state index contributed by atoms with van der Waals surface area (Å²) in [5.41, 5.74) is 20.4. The lowest BCUT2D eigenvalue weighted by molar-refractivity contribution is -0.145. The highest BCUT2D eigenvalue weighted by Crippen LogP contribution is 2.27. The number of para-hydroxylation sites is 1. The van der Waals surface area contributed by atoms with Crippen molar-refractivity contribution in [1.29, 1.82) is 0 Å². The van der Waals surface area contributed by atoms with Crippen LogP contribution in [0.25, 0.3) is 10.9 Å². The second-order valence-electron chi connectivity index (χ2n) is 37.3. The number of H-pyrrole nitrogens is 1. The van der Waals surface area contributed by atoms with E-state index in [9.17, 15) is 106 Å². The van der Waals surface area contributed by atoms with Crippen LogP contribution in [0.1, 0.15) is 148 Å². The molecular formula is C97H133N21O24S2. The number of aromatic amines is 1. The van der Waals surface area contributed by atoms with Crippen LogP contribution >= 0.6 is 25.3 Å². The number of rotatable bonds is 54. The zero-order chi connectivity index (χ0) is 106. The summed E-state index contributed by atoms with van der Waals surface area (Å²) in [4.78, 5) is 300. The van der Waals surface area contributed by atoms with Gasteiger partial charge in [-0.1, -0.05) is 151 Å². The van der Waals surface area contributed by atoms with Crippen molar-refractivity contribution >= 4 is 160 Å². The van der Waals surface area contributed by atoms with Gasteiger partial charge in [-0.25, -0.2) is 4.79 Å². The molecule has 0 unspecified atom stereocenters. The van der Waals surface area contributed by atoms with Crippen molar-refractivity contribution in [2.75, 3.05) is 37.7 Å². The molecule has 3 aliphatic rings. The summed E-state index contributed by atoms with van der Waals surface area (Å²) in [6, 6.07) is 6.07. The number of nitrogens with two attached hydrogens (primary N) is 3. The molecular weight excluding hydrogens is 1910 g/mol. The van der Waals surface area contributed by atoms with Crippen LogP contribution in [0.15, 0.2) is 121 Å². The molecule has 3 saturated heterocycles. The first-order chi connectivity index (χ1) is 68.2. The van der Waals surface area contributed by atoms with E-state index in [4.69, 9.17) is 17.2 Å². The molecule has 0 bridgehead atoms. The molecule has 144 heavy (non-hydrogen) atoms. The maximum Gasteiger partial charge on any atom is 0.327 e. The Morgan fingerprint density at radius 1 is 0.389 bits per heavy atom. The zero-order valence-electron chi connectivity index (χ0n) is 81.4. The topological polar surface area (TPSA) is 691 Å². The van der Waals surface area contributed by atoms with Crippen molar-refractivity contribution in [3.05, 3.63) is 144 Å². The summed E-state index contributed by atoms with van der Waals surface area (Å²) in [5, 5.41) is 66.7. The number of aliphatic hydroxyl groups excluding tert-OH is 1. The monoisotopic (exact) mass is 2040 g/mol. The van der Waals surface area contributed by atoms with Crippen molar-refractivity contribution in [3.63, 3.8) is 0 Å². The SMILES string of the molecule is CC(C)C[C@H](NC(=O)[C@H](CC(=O)O)NC(=O)[C@H](CC(N)=O)NC(=O)[C@@H]1CCCN1C(=O)[C@H](CS)NC(=O)CNC(=O)[C@H](Cc1c[nH]c2ccccc12)NC(=O)[C@@H]1CCCN1C(=O)[C@@H](N)CC(C)C)C(=O)N[C@@H](Cc1ccccc1)C(=O)N[C@@H](Cc1ccccc1)C(=O)N[C@H](C(=O)N[C@@H](CC(N)=O)C(=O)N[C@H](C(=O)N1CCC[C@H]1C(=O)N[C@@H](Cc1ccccc1)C(=O)N[C@@H](C)C(=O)N[C@@H](CS)C(=O)O)[C@@H](C)O)C(C)C. The number of carbonyl (C=O) groups is 21. The Balaban J connectivity index is 0.929. The van der Waals surface area contributed by atoms with Gasteiger partial charge in [0.15, 0.2) is 0 Å². The van der Waals surface area contributed by atoms with Crippen molar-refractivity contribution in [1.82, 2.24) is 94.1 Å². The Hall–Kier alpha value is -14.1. The molecule has 0 saturated carbocycles. The number of thiol groups is 2. The minimum absolute atomic E-state index is 0.0125. The highest BCUT2D eigenvalue weighted by atomic mass is 32.1. The molecule has 3 aliphatic heterocycles. The number of fused-ring (bicyclic) bond motifs is 1. The quantitative estimate of drug-likeness (QED) is 0.0168. The fourth-order valence-electron chi connectivity index (χ4n) is 17.1. The van der Waals surface area contributed by atoms with Gasteiger partial charge in [0.25, 0.3) is 0 Å². The average molecular weight is 2040 g/mol. The first kappa shape index (κ1) is 115. The van der Waals surface area contributed by atoms with Gasteiger partial charge in [-0.15, -0.1) is 0 Å². The Morgan fingerprint density at radius 2 is 0.764 bits per heavy atom. The molecule has 3 fully saturated rings.